The van der Waals surface area contributed by atoms with E-state index in [4.69, 9.17) is 4.98 Å². The first-order chi connectivity index (χ1) is 24.8. The molecule has 0 spiro atoms. The minimum atomic E-state index is -3.67. The highest BCUT2D eigenvalue weighted by Gasteiger charge is 2.43. The Morgan fingerprint density at radius 3 is 2.38 bits per heavy atom. The number of aliphatic carboxylic acids is 1. The molecule has 1 aromatic carbocycles. The largest absolute Gasteiger partial charge is 0.481 e. The summed E-state index contributed by atoms with van der Waals surface area (Å²) in [5.41, 5.74) is 1.75. The van der Waals surface area contributed by atoms with Gasteiger partial charge in [-0.3, -0.25) is 14.5 Å². The number of nitrogens with zero attached hydrogens (tertiary/aromatic N) is 3. The van der Waals surface area contributed by atoms with Crippen molar-refractivity contribution in [3.63, 3.8) is 0 Å². The monoisotopic (exact) mass is 738 g/mol. The molecule has 13 heteroatoms. The summed E-state index contributed by atoms with van der Waals surface area (Å²) >= 11 is 0. The number of aromatic nitrogens is 4. The molecule has 5 rings (SSSR count). The number of carboxylic acids is 1. The lowest BCUT2D eigenvalue weighted by Gasteiger charge is -2.40. The van der Waals surface area contributed by atoms with Gasteiger partial charge >= 0.3 is 5.97 Å². The maximum Gasteiger partial charge on any atom is 0.307 e. The zero-order valence-corrected chi connectivity index (χ0v) is 31.8. The first-order valence-corrected chi connectivity index (χ1v) is 20.7. The number of hydrogen-bond donors (Lipinski definition) is 5. The molecule has 12 nitrogen and oxygen atoms in total. The number of aromatic amines is 2. The van der Waals surface area contributed by atoms with E-state index in [1.165, 1.54) is 5.56 Å². The van der Waals surface area contributed by atoms with Crippen molar-refractivity contribution in [1.29, 1.82) is 0 Å². The van der Waals surface area contributed by atoms with Crippen LogP contribution in [-0.2, 0) is 32.3 Å². The van der Waals surface area contributed by atoms with Crippen molar-refractivity contribution in [3.05, 3.63) is 66.1 Å². The number of H-pyrrole nitrogens is 2. The number of carbonyl (C=O) groups is 2. The number of amides is 1. The molecule has 5 N–H and O–H groups in total. The van der Waals surface area contributed by atoms with E-state index < -0.39 is 38.3 Å². The lowest BCUT2D eigenvalue weighted by atomic mass is 9.79. The zero-order valence-electron chi connectivity index (χ0n) is 31.0. The van der Waals surface area contributed by atoms with Crippen molar-refractivity contribution in [2.45, 2.75) is 121 Å². The van der Waals surface area contributed by atoms with Gasteiger partial charge in [0.15, 0.2) is 15.7 Å². The Hall–Kier alpha value is -3.55. The predicted octanol–water partition coefficient (Wildman–Crippen LogP) is 5.43. The van der Waals surface area contributed by atoms with Gasteiger partial charge < -0.3 is 25.5 Å². The van der Waals surface area contributed by atoms with Crippen molar-refractivity contribution in [3.8, 4) is 0 Å². The number of nitrogens with one attached hydrogen (secondary N) is 3. The first-order valence-electron chi connectivity index (χ1n) is 19.1. The number of imidazole rings is 2. The third-order valence-electron chi connectivity index (χ3n) is 10.9. The van der Waals surface area contributed by atoms with Gasteiger partial charge in [0.1, 0.15) is 5.82 Å². The third-order valence-corrected chi connectivity index (χ3v) is 13.6. The molecule has 2 aliphatic rings. The molecule has 2 saturated carbocycles. The molecule has 52 heavy (non-hydrogen) atoms. The van der Waals surface area contributed by atoms with Gasteiger partial charge in [-0.25, -0.2) is 18.4 Å². The first kappa shape index (κ1) is 39.7. The number of benzene rings is 1. The third kappa shape index (κ3) is 10.8. The van der Waals surface area contributed by atoms with Crippen LogP contribution in [0.15, 0.2) is 49.1 Å². The number of carbonyl (C=O) groups excluding carboxylic acids is 1. The van der Waals surface area contributed by atoms with Gasteiger partial charge in [-0.15, -0.1) is 0 Å². The maximum absolute atomic E-state index is 14.1. The van der Waals surface area contributed by atoms with Crippen molar-refractivity contribution in [2.24, 2.45) is 17.8 Å². The van der Waals surface area contributed by atoms with Crippen LogP contribution in [0.5, 0.6) is 0 Å². The van der Waals surface area contributed by atoms with E-state index in [-0.39, 0.29) is 36.1 Å². The Bertz CT molecular complexity index is 1660. The lowest BCUT2D eigenvalue weighted by molar-refractivity contribution is -0.141. The van der Waals surface area contributed by atoms with Crippen molar-refractivity contribution >= 4 is 27.5 Å². The normalized spacial score (nSPS) is 18.1. The van der Waals surface area contributed by atoms with Gasteiger partial charge in [-0.2, -0.15) is 0 Å². The molecule has 0 radical (unpaired) electrons. The fraction of sp³-hybridized carbons (Fsp3) is 0.641. The maximum atomic E-state index is 14.1. The van der Waals surface area contributed by atoms with E-state index in [1.807, 2.05) is 23.1 Å². The number of rotatable bonds is 20. The molecule has 2 fully saturated rings. The second-order valence-electron chi connectivity index (χ2n) is 15.8. The molecule has 2 heterocycles. The lowest BCUT2D eigenvalue weighted by Crippen LogP contribution is -2.48. The fourth-order valence-corrected chi connectivity index (χ4v) is 8.89. The average Bonchev–Trinajstić information content (AvgIpc) is 3.58. The highest BCUT2D eigenvalue weighted by molar-refractivity contribution is 7.92. The summed E-state index contributed by atoms with van der Waals surface area (Å²) in [7, 11) is -3.67. The van der Waals surface area contributed by atoms with Crippen molar-refractivity contribution in [1.82, 2.24) is 25.3 Å². The van der Waals surface area contributed by atoms with Crippen LogP contribution >= 0.6 is 0 Å². The molecule has 2 aliphatic carbocycles. The molecular formula is C39H58N6O6S. The average molecular weight is 739 g/mol. The number of aryl methyl sites for hydroxylation is 1. The van der Waals surface area contributed by atoms with E-state index >= 15 is 0 Å². The van der Waals surface area contributed by atoms with Crippen LogP contribution in [0.3, 0.4) is 0 Å². The van der Waals surface area contributed by atoms with Crippen molar-refractivity contribution < 1.29 is 28.2 Å². The van der Waals surface area contributed by atoms with Gasteiger partial charge in [0, 0.05) is 43.7 Å². The van der Waals surface area contributed by atoms with Crippen LogP contribution in [0.2, 0.25) is 0 Å². The summed E-state index contributed by atoms with van der Waals surface area (Å²) in [4.78, 5) is 43.6. The number of sulfone groups is 1. The van der Waals surface area contributed by atoms with Crippen molar-refractivity contribution in [2.75, 3.05) is 23.7 Å². The second kappa shape index (κ2) is 18.0. The highest BCUT2D eigenvalue weighted by atomic mass is 32.2. The van der Waals surface area contributed by atoms with Crippen LogP contribution in [-0.4, -0.2) is 86.2 Å². The van der Waals surface area contributed by atoms with E-state index in [1.54, 1.807) is 39.5 Å². The molecule has 0 aliphatic heterocycles. The molecule has 286 valence electrons. The Kier molecular flexibility index (Phi) is 13.7. The van der Waals surface area contributed by atoms with E-state index in [9.17, 15) is 28.2 Å². The molecule has 0 bridgehead atoms. The summed E-state index contributed by atoms with van der Waals surface area (Å²) < 4.78 is 24.7. The standard InChI is InChI=1S/C39H58N6O6S/c1-39(2,3)52(50,51)25-30(38(48)49)21-31-23-42-37(44-31)36(29-16-17-29)33(46)22-32(28-14-8-5-9-15-28)45(34-24-41-26-43-34)35(47)18-20-40-19-10-13-27-11-6-4-7-12-27/h4,6-7,11-12,23-24,26,28-30,32-33,36,40,46H,5,8-10,13-22,25H2,1-3H3,(H,41,43)(H,42,44)(H,48,49)/t30?,32?,33-,36?/m0/s1. The number of aliphatic hydroxyl groups is 1. The van der Waals surface area contributed by atoms with Gasteiger partial charge in [-0.05, 0) is 89.7 Å². The van der Waals surface area contributed by atoms with Crippen LogP contribution in [0, 0.1) is 17.8 Å². The summed E-state index contributed by atoms with van der Waals surface area (Å²) in [5.74, 6) is -1.63. The summed E-state index contributed by atoms with van der Waals surface area (Å²) in [6.45, 7) is 6.07. The van der Waals surface area contributed by atoms with Crippen LogP contribution < -0.4 is 10.2 Å². The van der Waals surface area contributed by atoms with E-state index in [0.29, 0.717) is 36.7 Å². The Morgan fingerprint density at radius 1 is 1.02 bits per heavy atom. The molecule has 3 aromatic rings. The molecule has 2 aromatic heterocycles. The highest BCUT2D eigenvalue weighted by Crippen LogP contribution is 2.46. The number of hydrogen-bond acceptors (Lipinski definition) is 8. The fourth-order valence-electron chi connectivity index (χ4n) is 7.60. The van der Waals surface area contributed by atoms with E-state index in [0.717, 1.165) is 64.3 Å². The Morgan fingerprint density at radius 2 is 1.75 bits per heavy atom. The Balaban J connectivity index is 1.29. The summed E-state index contributed by atoms with van der Waals surface area (Å²) in [6.07, 6.45) is 13.8. The topological polar surface area (TPSA) is 181 Å². The SMILES string of the molecule is CC(C)(C)S(=O)(=O)CC(Cc1c[nH]c(C(C2CC2)[C@@H](O)CC(C2CCCCC2)N(C(=O)CCNCCCc2ccccc2)c2c[nH]cn2)n1)C(=O)O. The minimum Gasteiger partial charge on any atom is -0.481 e. The molecule has 4 atom stereocenters. The zero-order chi connectivity index (χ0) is 37.3. The summed E-state index contributed by atoms with van der Waals surface area (Å²) in [5, 5.41) is 25.4. The summed E-state index contributed by atoms with van der Waals surface area (Å²) in [6, 6.07) is 10.1. The van der Waals surface area contributed by atoms with Crippen LogP contribution in [0.4, 0.5) is 5.82 Å². The molecular weight excluding hydrogens is 681 g/mol. The second-order valence-corrected chi connectivity index (χ2v) is 18.6. The Labute approximate surface area is 308 Å². The number of anilines is 1. The molecule has 3 unspecified atom stereocenters. The smallest absolute Gasteiger partial charge is 0.307 e. The minimum absolute atomic E-state index is 0.0291. The number of aliphatic hydroxyl groups excluding tert-OH is 1. The van der Waals surface area contributed by atoms with Crippen LogP contribution in [0.25, 0.3) is 0 Å². The van der Waals surface area contributed by atoms with E-state index in [2.05, 4.69) is 32.4 Å². The predicted molar refractivity (Wildman–Crippen MR) is 202 cm³/mol. The molecule has 0 saturated heterocycles. The van der Waals surface area contributed by atoms with Gasteiger partial charge in [0.05, 0.1) is 34.5 Å². The van der Waals surface area contributed by atoms with Gasteiger partial charge in [0.25, 0.3) is 0 Å². The number of carboxylic acid groups (broad SMARTS) is 1. The van der Waals surface area contributed by atoms with Gasteiger partial charge in [-0.1, -0.05) is 49.6 Å². The van der Waals surface area contributed by atoms with Crippen LogP contribution in [0.1, 0.15) is 108 Å². The van der Waals surface area contributed by atoms with Gasteiger partial charge in [0.2, 0.25) is 5.91 Å². The quantitative estimate of drug-likeness (QED) is 0.0945. The molecule has 1 amide bonds.